The standard InChI is InChI=1S/C31H33ClN8O3/c1-18-8-10-20(11-9-18)19(2)40-26-25(22-14-23(32)16-33-15-22)34-28(29-37-38-31(41)43-29)35-27(26)36-30(40)39-12-13-42-17-24(39)21-6-4-3-5-7-21/h3-7,14-16,18-20,24H,8-13,17H2,1-2H3,(H,38,41)/t18?,19?,20?,24-/m0/s1. The maximum Gasteiger partial charge on any atom is 0.434 e. The molecule has 2 atom stereocenters. The van der Waals surface area contributed by atoms with Crippen LogP contribution in [0.3, 0.4) is 0 Å². The summed E-state index contributed by atoms with van der Waals surface area (Å²) in [6.45, 7) is 6.42. The molecule has 43 heavy (non-hydrogen) atoms. The first-order chi connectivity index (χ1) is 21.0. The third-order valence-corrected chi connectivity index (χ3v) is 9.06. The zero-order valence-corrected chi connectivity index (χ0v) is 24.9. The molecule has 1 N–H and O–H groups in total. The van der Waals surface area contributed by atoms with Gasteiger partial charge in [-0.25, -0.2) is 19.9 Å². The lowest BCUT2D eigenvalue weighted by Gasteiger charge is -2.39. The molecule has 1 saturated heterocycles. The summed E-state index contributed by atoms with van der Waals surface area (Å²) in [6.07, 6.45) is 7.99. The molecule has 5 heterocycles. The van der Waals surface area contributed by atoms with E-state index < -0.39 is 5.76 Å². The van der Waals surface area contributed by atoms with E-state index in [-0.39, 0.29) is 23.8 Å². The lowest BCUT2D eigenvalue weighted by molar-refractivity contribution is 0.0924. The van der Waals surface area contributed by atoms with Crippen molar-refractivity contribution in [2.75, 3.05) is 24.7 Å². The van der Waals surface area contributed by atoms with Crippen molar-refractivity contribution in [3.63, 3.8) is 0 Å². The topological polar surface area (TPSA) is 128 Å². The van der Waals surface area contributed by atoms with Gasteiger partial charge >= 0.3 is 5.76 Å². The number of H-pyrrole nitrogens is 1. The number of halogens is 1. The number of fused-ring (bicyclic) bond motifs is 1. The number of hydrogen-bond donors (Lipinski definition) is 1. The molecule has 7 rings (SSSR count). The van der Waals surface area contributed by atoms with Crippen LogP contribution in [0.15, 0.2) is 58.0 Å². The highest BCUT2D eigenvalue weighted by Crippen LogP contribution is 2.43. The number of imidazole rings is 1. The maximum atomic E-state index is 11.8. The van der Waals surface area contributed by atoms with Gasteiger partial charge in [0.1, 0.15) is 11.2 Å². The number of pyridine rings is 1. The number of aromatic nitrogens is 7. The van der Waals surface area contributed by atoms with Gasteiger partial charge in [-0.1, -0.05) is 61.7 Å². The molecule has 1 saturated carbocycles. The highest BCUT2D eigenvalue weighted by molar-refractivity contribution is 6.30. The minimum Gasteiger partial charge on any atom is -0.384 e. The summed E-state index contributed by atoms with van der Waals surface area (Å²) in [7, 11) is 0. The van der Waals surface area contributed by atoms with Gasteiger partial charge in [-0.3, -0.25) is 4.98 Å². The van der Waals surface area contributed by atoms with Crippen LogP contribution in [0.25, 0.3) is 34.1 Å². The predicted molar refractivity (Wildman–Crippen MR) is 163 cm³/mol. The van der Waals surface area contributed by atoms with Crippen molar-refractivity contribution in [3.8, 4) is 23.0 Å². The van der Waals surface area contributed by atoms with E-state index in [2.05, 4.69) is 62.8 Å². The zero-order valence-electron chi connectivity index (χ0n) is 24.1. The van der Waals surface area contributed by atoms with Gasteiger partial charge in [-0.2, -0.15) is 4.98 Å². The molecule has 12 heteroatoms. The number of hydrogen-bond acceptors (Lipinski definition) is 9. The molecule has 1 unspecified atom stereocenters. The highest BCUT2D eigenvalue weighted by Gasteiger charge is 2.35. The highest BCUT2D eigenvalue weighted by atomic mass is 35.5. The summed E-state index contributed by atoms with van der Waals surface area (Å²) < 4.78 is 13.6. The molecule has 0 amide bonds. The molecule has 0 bridgehead atoms. The largest absolute Gasteiger partial charge is 0.434 e. The average molecular weight is 601 g/mol. The van der Waals surface area contributed by atoms with Crippen LogP contribution >= 0.6 is 11.6 Å². The van der Waals surface area contributed by atoms with Crippen LogP contribution in [0, 0.1) is 11.8 Å². The number of aromatic amines is 1. The van der Waals surface area contributed by atoms with E-state index in [1.807, 2.05) is 12.1 Å². The zero-order chi connectivity index (χ0) is 29.5. The van der Waals surface area contributed by atoms with E-state index in [0.29, 0.717) is 47.6 Å². The number of morpholine rings is 1. The quantitative estimate of drug-likeness (QED) is 0.255. The molecule has 1 aliphatic carbocycles. The van der Waals surface area contributed by atoms with E-state index in [1.165, 1.54) is 12.8 Å². The number of nitrogens with zero attached hydrogens (tertiary/aromatic N) is 7. The summed E-state index contributed by atoms with van der Waals surface area (Å²) in [5.41, 5.74) is 3.72. The first-order valence-corrected chi connectivity index (χ1v) is 15.2. The van der Waals surface area contributed by atoms with E-state index in [1.54, 1.807) is 12.4 Å². The van der Waals surface area contributed by atoms with Gasteiger partial charge < -0.3 is 18.6 Å². The lowest BCUT2D eigenvalue weighted by atomic mass is 9.79. The Bertz CT molecular complexity index is 1790. The summed E-state index contributed by atoms with van der Waals surface area (Å²) in [5, 5.41) is 6.79. The van der Waals surface area contributed by atoms with Crippen LogP contribution in [0.4, 0.5) is 5.95 Å². The second kappa shape index (κ2) is 11.5. The fraction of sp³-hybridized carbons (Fsp3) is 0.419. The Kier molecular flexibility index (Phi) is 7.44. The fourth-order valence-electron chi connectivity index (χ4n) is 6.52. The van der Waals surface area contributed by atoms with E-state index in [9.17, 15) is 4.79 Å². The number of ether oxygens (including phenoxy) is 1. The molecule has 2 aliphatic rings. The molecule has 4 aromatic heterocycles. The summed E-state index contributed by atoms with van der Waals surface area (Å²) in [4.78, 5) is 33.5. The van der Waals surface area contributed by atoms with E-state index in [0.717, 1.165) is 35.8 Å². The van der Waals surface area contributed by atoms with Gasteiger partial charge in [0.05, 0.1) is 24.3 Å². The first kappa shape index (κ1) is 27.7. The van der Waals surface area contributed by atoms with Crippen molar-refractivity contribution in [1.82, 2.24) is 34.7 Å². The summed E-state index contributed by atoms with van der Waals surface area (Å²) in [5.74, 6) is 1.45. The molecule has 5 aromatic rings. The third kappa shape index (κ3) is 5.31. The lowest BCUT2D eigenvalue weighted by Crippen LogP contribution is -2.41. The molecule has 11 nitrogen and oxygen atoms in total. The number of anilines is 1. The normalized spacial score (nSPS) is 21.7. The number of rotatable bonds is 6. The maximum absolute atomic E-state index is 11.8. The van der Waals surface area contributed by atoms with Crippen molar-refractivity contribution in [2.24, 2.45) is 11.8 Å². The minimum absolute atomic E-state index is 0.0120. The monoisotopic (exact) mass is 600 g/mol. The summed E-state index contributed by atoms with van der Waals surface area (Å²) in [6, 6.07) is 12.3. The second-order valence-corrected chi connectivity index (χ2v) is 12.1. The van der Waals surface area contributed by atoms with E-state index >= 15 is 0 Å². The second-order valence-electron chi connectivity index (χ2n) is 11.6. The van der Waals surface area contributed by atoms with Gasteiger partial charge in [0.25, 0.3) is 5.89 Å². The van der Waals surface area contributed by atoms with Crippen molar-refractivity contribution in [1.29, 1.82) is 0 Å². The van der Waals surface area contributed by atoms with Crippen molar-refractivity contribution >= 4 is 28.7 Å². The van der Waals surface area contributed by atoms with Crippen molar-refractivity contribution in [3.05, 3.63) is 69.9 Å². The van der Waals surface area contributed by atoms with Crippen LogP contribution in [0.1, 0.15) is 57.2 Å². The smallest absolute Gasteiger partial charge is 0.384 e. The van der Waals surface area contributed by atoms with Gasteiger partial charge in [-0.15, -0.1) is 5.10 Å². The Balaban J connectivity index is 1.48. The molecule has 0 radical (unpaired) electrons. The van der Waals surface area contributed by atoms with Gasteiger partial charge in [0.2, 0.25) is 11.8 Å². The van der Waals surface area contributed by atoms with Crippen LogP contribution in [0.2, 0.25) is 5.02 Å². The molecular formula is C31H33ClN8O3. The van der Waals surface area contributed by atoms with Gasteiger partial charge in [0, 0.05) is 30.5 Å². The molecular weight excluding hydrogens is 568 g/mol. The number of nitrogens with one attached hydrogen (secondary N) is 1. The molecule has 1 aromatic carbocycles. The molecule has 222 valence electrons. The first-order valence-electron chi connectivity index (χ1n) is 14.8. The average Bonchev–Trinajstić information content (AvgIpc) is 3.65. The minimum atomic E-state index is -0.685. The Labute approximate surface area is 253 Å². The van der Waals surface area contributed by atoms with Crippen LogP contribution in [-0.2, 0) is 4.74 Å². The molecule has 2 fully saturated rings. The fourth-order valence-corrected chi connectivity index (χ4v) is 6.69. The summed E-state index contributed by atoms with van der Waals surface area (Å²) >= 11 is 6.43. The Morgan fingerprint density at radius 2 is 1.88 bits per heavy atom. The Morgan fingerprint density at radius 1 is 1.07 bits per heavy atom. The van der Waals surface area contributed by atoms with E-state index in [4.69, 9.17) is 35.7 Å². The van der Waals surface area contributed by atoms with Crippen molar-refractivity contribution in [2.45, 2.75) is 51.6 Å². The third-order valence-electron chi connectivity index (χ3n) is 8.86. The number of benzene rings is 1. The SMILES string of the molecule is CC1CCC(C(C)n2c(N3CCOC[C@H]3c3ccccc3)nc3nc(-c4n[nH]c(=O)o4)nc(-c4cncc(Cl)c4)c32)CC1. The predicted octanol–water partition coefficient (Wildman–Crippen LogP) is 5.85. The van der Waals surface area contributed by atoms with Gasteiger partial charge in [0.15, 0.2) is 5.65 Å². The van der Waals surface area contributed by atoms with Crippen LogP contribution < -0.4 is 10.7 Å². The Morgan fingerprint density at radius 3 is 2.63 bits per heavy atom. The molecule has 1 aliphatic heterocycles. The van der Waals surface area contributed by atoms with Gasteiger partial charge in [-0.05, 0) is 43.2 Å². The van der Waals surface area contributed by atoms with Crippen LogP contribution in [-0.4, -0.2) is 54.5 Å². The Hall–Kier alpha value is -4.09. The molecule has 0 spiro atoms. The van der Waals surface area contributed by atoms with Crippen LogP contribution in [0.5, 0.6) is 0 Å². The van der Waals surface area contributed by atoms with Crippen molar-refractivity contribution < 1.29 is 9.15 Å².